The molecule has 0 aliphatic carbocycles. The lowest BCUT2D eigenvalue weighted by molar-refractivity contribution is 0.121. The van der Waals surface area contributed by atoms with E-state index in [0.29, 0.717) is 57.1 Å². The lowest BCUT2D eigenvalue weighted by Crippen LogP contribution is -2.39. The number of anilines is 6. The number of nitrogens with one attached hydrogen (secondary N) is 1. The van der Waals surface area contributed by atoms with Crippen LogP contribution in [-0.4, -0.2) is 79.6 Å². The number of hydrogen-bond donors (Lipinski definition) is 1. The summed E-state index contributed by atoms with van der Waals surface area (Å²) in [4.78, 5) is 24.0. The molecule has 0 radical (unpaired) electrons. The Labute approximate surface area is 211 Å². The predicted molar refractivity (Wildman–Crippen MR) is 133 cm³/mol. The van der Waals surface area contributed by atoms with Gasteiger partial charge in [0.2, 0.25) is 11.9 Å². The van der Waals surface area contributed by atoms with E-state index in [9.17, 15) is 8.78 Å². The maximum Gasteiger partial charge on any atom is 0.230 e. The molecule has 2 aliphatic heterocycles. The summed E-state index contributed by atoms with van der Waals surface area (Å²) in [7, 11) is 1.61. The minimum Gasteiger partial charge on any atom is -0.378 e. The molecule has 5 rings (SSSR count). The normalized spacial score (nSPS) is 16.2. The molecule has 190 valence electrons. The van der Waals surface area contributed by atoms with Crippen LogP contribution in [0, 0.1) is 11.6 Å². The van der Waals surface area contributed by atoms with E-state index in [1.54, 1.807) is 13.1 Å². The molecule has 1 N–H and O–H groups in total. The zero-order valence-corrected chi connectivity index (χ0v) is 20.4. The highest BCUT2D eigenvalue weighted by atomic mass is 35.5. The zero-order valence-electron chi connectivity index (χ0n) is 19.6. The van der Waals surface area contributed by atoms with Gasteiger partial charge in [0.1, 0.15) is 28.3 Å². The zero-order chi connectivity index (χ0) is 25.1. The smallest absolute Gasteiger partial charge is 0.230 e. The number of aromatic nitrogens is 4. The van der Waals surface area contributed by atoms with Crippen molar-refractivity contribution in [3.63, 3.8) is 0 Å². The van der Waals surface area contributed by atoms with Crippen molar-refractivity contribution >= 4 is 46.6 Å². The first kappa shape index (κ1) is 24.3. The van der Waals surface area contributed by atoms with Crippen LogP contribution in [0.1, 0.15) is 0 Å². The molecule has 13 heteroatoms. The van der Waals surface area contributed by atoms with E-state index < -0.39 is 16.7 Å². The monoisotopic (exact) mass is 518 g/mol. The summed E-state index contributed by atoms with van der Waals surface area (Å²) in [5.74, 6) is 0.816. The van der Waals surface area contributed by atoms with Gasteiger partial charge >= 0.3 is 0 Å². The second kappa shape index (κ2) is 10.7. The third-order valence-electron chi connectivity index (χ3n) is 5.93. The molecule has 0 saturated carbocycles. The fourth-order valence-electron chi connectivity index (χ4n) is 3.95. The van der Waals surface area contributed by atoms with E-state index >= 15 is 0 Å². The molecular weight excluding hydrogens is 494 g/mol. The number of benzene rings is 1. The van der Waals surface area contributed by atoms with E-state index in [4.69, 9.17) is 31.0 Å². The van der Waals surface area contributed by atoms with Crippen molar-refractivity contribution in [2.45, 2.75) is 0 Å². The number of nitrogens with zero attached hydrogens (tertiary/aromatic N) is 7. The third kappa shape index (κ3) is 5.25. The standard InChI is InChI=1S/C23H25ClF2N8O2/c1-32(16-3-2-15(25)20(24)21(16)26)18-4-5-27-22(30-18)28-17-14-19(33-6-10-35-11-7-33)31-23(29-17)34-8-12-36-13-9-34/h2-5,14H,6-13H2,1H3,(H,27,28,29,30,31). The van der Waals surface area contributed by atoms with Crippen molar-refractivity contribution in [1.29, 1.82) is 0 Å². The lowest BCUT2D eigenvalue weighted by atomic mass is 10.2. The first-order chi connectivity index (χ1) is 17.5. The van der Waals surface area contributed by atoms with Crippen LogP contribution >= 0.6 is 11.6 Å². The summed E-state index contributed by atoms with van der Waals surface area (Å²) in [5.41, 5.74) is 0.0808. The Bertz CT molecular complexity index is 1190. The van der Waals surface area contributed by atoms with Gasteiger partial charge in [0.25, 0.3) is 0 Å². The average Bonchev–Trinajstić information content (AvgIpc) is 2.92. The summed E-state index contributed by atoms with van der Waals surface area (Å²) >= 11 is 5.75. The topological polar surface area (TPSA) is 91.8 Å². The fourth-order valence-corrected chi connectivity index (χ4v) is 4.11. The SMILES string of the molecule is CN(c1ccnc(Nc2cc(N3CCOCC3)nc(N3CCOCC3)n2)n1)c1ccc(F)c(Cl)c1F. The molecule has 0 bridgehead atoms. The van der Waals surface area contributed by atoms with E-state index in [1.165, 1.54) is 17.2 Å². The van der Waals surface area contributed by atoms with Gasteiger partial charge in [0.15, 0.2) is 5.82 Å². The number of morpholine rings is 2. The molecule has 2 saturated heterocycles. The number of rotatable bonds is 6. The Balaban J connectivity index is 1.43. The van der Waals surface area contributed by atoms with Crippen LogP contribution in [0.15, 0.2) is 30.5 Å². The van der Waals surface area contributed by atoms with Gasteiger partial charge in [-0.3, -0.25) is 0 Å². The average molecular weight is 519 g/mol. The number of ether oxygens (including phenoxy) is 2. The van der Waals surface area contributed by atoms with Crippen molar-refractivity contribution in [1.82, 2.24) is 19.9 Å². The quantitative estimate of drug-likeness (QED) is 0.489. The van der Waals surface area contributed by atoms with Crippen LogP contribution in [-0.2, 0) is 9.47 Å². The first-order valence-electron chi connectivity index (χ1n) is 11.5. The van der Waals surface area contributed by atoms with Crippen LogP contribution in [0.2, 0.25) is 5.02 Å². The fraction of sp³-hybridized carbons (Fsp3) is 0.391. The summed E-state index contributed by atoms with van der Waals surface area (Å²) in [6.45, 7) is 5.29. The molecular formula is C23H25ClF2N8O2. The van der Waals surface area contributed by atoms with Gasteiger partial charge in [-0.1, -0.05) is 11.6 Å². The summed E-state index contributed by atoms with van der Waals surface area (Å²) in [6, 6.07) is 5.87. The Morgan fingerprint density at radius 3 is 2.36 bits per heavy atom. The van der Waals surface area contributed by atoms with Gasteiger partial charge in [-0.25, -0.2) is 13.8 Å². The molecule has 2 aromatic heterocycles. The molecule has 0 amide bonds. The molecule has 0 unspecified atom stereocenters. The van der Waals surface area contributed by atoms with Crippen molar-refractivity contribution in [2.24, 2.45) is 0 Å². The Morgan fingerprint density at radius 1 is 0.944 bits per heavy atom. The van der Waals surface area contributed by atoms with Gasteiger partial charge in [0.05, 0.1) is 32.1 Å². The van der Waals surface area contributed by atoms with Crippen molar-refractivity contribution in [3.05, 3.63) is 47.1 Å². The van der Waals surface area contributed by atoms with Crippen LogP contribution in [0.4, 0.5) is 43.8 Å². The highest BCUT2D eigenvalue weighted by Crippen LogP contribution is 2.31. The molecule has 4 heterocycles. The predicted octanol–water partition coefficient (Wildman–Crippen LogP) is 3.38. The summed E-state index contributed by atoms with van der Waals surface area (Å²) in [5, 5.41) is 2.58. The van der Waals surface area contributed by atoms with E-state index in [0.717, 1.165) is 25.0 Å². The highest BCUT2D eigenvalue weighted by Gasteiger charge is 2.21. The Kier molecular flexibility index (Phi) is 7.25. The van der Waals surface area contributed by atoms with E-state index in [1.807, 2.05) is 6.07 Å². The van der Waals surface area contributed by atoms with Gasteiger partial charge < -0.3 is 29.5 Å². The van der Waals surface area contributed by atoms with Gasteiger partial charge in [0, 0.05) is 45.5 Å². The van der Waals surface area contributed by atoms with Gasteiger partial charge in [-0.05, 0) is 18.2 Å². The number of halogens is 3. The molecule has 2 fully saturated rings. The van der Waals surface area contributed by atoms with Gasteiger partial charge in [-0.15, -0.1) is 0 Å². The summed E-state index contributed by atoms with van der Waals surface area (Å²) < 4.78 is 39.1. The minimum absolute atomic E-state index is 0.0808. The molecule has 0 spiro atoms. The van der Waals surface area contributed by atoms with Crippen LogP contribution in [0.3, 0.4) is 0 Å². The summed E-state index contributed by atoms with van der Waals surface area (Å²) in [6.07, 6.45) is 1.54. The molecule has 36 heavy (non-hydrogen) atoms. The second-order valence-corrected chi connectivity index (χ2v) is 8.61. The van der Waals surface area contributed by atoms with Crippen molar-refractivity contribution in [3.8, 4) is 0 Å². The third-order valence-corrected chi connectivity index (χ3v) is 6.28. The largest absolute Gasteiger partial charge is 0.378 e. The first-order valence-corrected chi connectivity index (χ1v) is 11.9. The lowest BCUT2D eigenvalue weighted by Gasteiger charge is -2.31. The van der Waals surface area contributed by atoms with Crippen LogP contribution in [0.5, 0.6) is 0 Å². The van der Waals surface area contributed by atoms with E-state index in [-0.39, 0.29) is 11.6 Å². The Hall–Kier alpha value is -3.35. The Morgan fingerprint density at radius 2 is 1.64 bits per heavy atom. The molecule has 2 aliphatic rings. The number of hydrogen-bond acceptors (Lipinski definition) is 10. The molecule has 10 nitrogen and oxygen atoms in total. The van der Waals surface area contributed by atoms with Crippen molar-refractivity contribution in [2.75, 3.05) is 79.7 Å². The van der Waals surface area contributed by atoms with Crippen molar-refractivity contribution < 1.29 is 18.3 Å². The highest BCUT2D eigenvalue weighted by molar-refractivity contribution is 6.31. The van der Waals surface area contributed by atoms with Gasteiger partial charge in [-0.2, -0.15) is 15.0 Å². The maximum absolute atomic E-state index is 14.6. The van der Waals surface area contributed by atoms with Crippen LogP contribution in [0.25, 0.3) is 0 Å². The molecule has 0 atom stereocenters. The van der Waals surface area contributed by atoms with E-state index in [2.05, 4.69) is 25.1 Å². The minimum atomic E-state index is -0.867. The van der Waals surface area contributed by atoms with Crippen LogP contribution < -0.4 is 20.0 Å². The second-order valence-electron chi connectivity index (χ2n) is 8.23. The maximum atomic E-state index is 14.6. The molecule has 3 aromatic rings. The molecule has 1 aromatic carbocycles.